The maximum absolute atomic E-state index is 12.6. The van der Waals surface area contributed by atoms with Crippen LogP contribution in [0.2, 0.25) is 0 Å². The van der Waals surface area contributed by atoms with Crippen molar-refractivity contribution in [3.05, 3.63) is 59.7 Å². The van der Waals surface area contributed by atoms with Gasteiger partial charge >= 0.3 is 0 Å². The average molecular weight is 396 g/mol. The lowest BCUT2D eigenvalue weighted by Crippen LogP contribution is -2.46. The first-order chi connectivity index (χ1) is 13.7. The molecule has 0 aliphatic carbocycles. The Kier molecular flexibility index (Phi) is 5.98. The second kappa shape index (κ2) is 8.80. The molecule has 146 valence electrons. The summed E-state index contributed by atoms with van der Waals surface area (Å²) in [5, 5.41) is 5.79. The second-order valence-corrected chi connectivity index (χ2v) is 8.38. The van der Waals surface area contributed by atoms with E-state index in [9.17, 15) is 9.59 Å². The van der Waals surface area contributed by atoms with Crippen LogP contribution in [0.15, 0.2) is 53.4 Å². The Balaban J connectivity index is 1.38. The number of fused-ring (bicyclic) bond motifs is 1. The number of hydrogen-bond acceptors (Lipinski definition) is 4. The number of anilines is 1. The minimum atomic E-state index is -0.168. The lowest BCUT2D eigenvalue weighted by atomic mass is 10.1. The van der Waals surface area contributed by atoms with Gasteiger partial charge in [0.05, 0.1) is 5.69 Å². The van der Waals surface area contributed by atoms with Crippen molar-refractivity contribution >= 4 is 29.3 Å². The van der Waals surface area contributed by atoms with Crippen molar-refractivity contribution in [2.45, 2.75) is 36.0 Å². The molecule has 1 fully saturated rings. The fraction of sp³-hybridized carbons (Fsp3) is 0.364. The predicted molar refractivity (Wildman–Crippen MR) is 113 cm³/mol. The van der Waals surface area contributed by atoms with Crippen LogP contribution in [-0.4, -0.2) is 41.7 Å². The van der Waals surface area contributed by atoms with Gasteiger partial charge in [0.1, 0.15) is 5.37 Å². The highest BCUT2D eigenvalue weighted by Crippen LogP contribution is 2.38. The zero-order valence-electron chi connectivity index (χ0n) is 15.8. The van der Waals surface area contributed by atoms with Gasteiger partial charge in [-0.2, -0.15) is 0 Å². The van der Waals surface area contributed by atoms with Crippen LogP contribution in [0.5, 0.6) is 0 Å². The Morgan fingerprint density at radius 2 is 1.89 bits per heavy atom. The topological polar surface area (TPSA) is 61.4 Å². The van der Waals surface area contributed by atoms with Gasteiger partial charge < -0.3 is 10.6 Å². The van der Waals surface area contributed by atoms with Crippen molar-refractivity contribution in [2.24, 2.45) is 0 Å². The first kappa shape index (κ1) is 19.0. The van der Waals surface area contributed by atoms with Gasteiger partial charge in [-0.05, 0) is 56.1 Å². The molecule has 0 radical (unpaired) electrons. The Labute approximate surface area is 169 Å². The molecule has 1 unspecified atom stereocenters. The van der Waals surface area contributed by atoms with Crippen LogP contribution in [0.25, 0.3) is 0 Å². The van der Waals surface area contributed by atoms with E-state index in [0.717, 1.165) is 42.9 Å². The first-order valence-corrected chi connectivity index (χ1v) is 10.8. The smallest absolute Gasteiger partial charge is 0.252 e. The van der Waals surface area contributed by atoms with Gasteiger partial charge in [0, 0.05) is 17.0 Å². The number of amides is 2. The zero-order valence-corrected chi connectivity index (χ0v) is 16.6. The maximum Gasteiger partial charge on any atom is 0.252 e. The summed E-state index contributed by atoms with van der Waals surface area (Å²) in [6, 6.07) is 15.7. The van der Waals surface area contributed by atoms with Crippen LogP contribution >= 0.6 is 11.8 Å². The molecular formula is C22H25N3O2S. The second-order valence-electron chi connectivity index (χ2n) is 7.26. The molecule has 28 heavy (non-hydrogen) atoms. The van der Waals surface area contributed by atoms with Gasteiger partial charge in [-0.1, -0.05) is 48.5 Å². The summed E-state index contributed by atoms with van der Waals surface area (Å²) in [5.41, 5.74) is 2.50. The molecule has 2 heterocycles. The molecule has 0 aromatic heterocycles. The Morgan fingerprint density at radius 3 is 2.68 bits per heavy atom. The lowest BCUT2D eigenvalue weighted by molar-refractivity contribution is -0.118. The van der Waals surface area contributed by atoms with Crippen LogP contribution in [0, 0.1) is 0 Å². The van der Waals surface area contributed by atoms with Gasteiger partial charge in [0.2, 0.25) is 0 Å². The van der Waals surface area contributed by atoms with E-state index in [1.165, 1.54) is 12.0 Å². The van der Waals surface area contributed by atoms with Crippen LogP contribution in [0.1, 0.15) is 35.2 Å². The summed E-state index contributed by atoms with van der Waals surface area (Å²) in [7, 11) is 0. The molecular weight excluding hydrogens is 370 g/mol. The highest BCUT2D eigenvalue weighted by Gasteiger charge is 2.33. The fourth-order valence-electron chi connectivity index (χ4n) is 3.70. The van der Waals surface area contributed by atoms with Crippen LogP contribution < -0.4 is 10.6 Å². The van der Waals surface area contributed by atoms with Crippen molar-refractivity contribution in [2.75, 3.05) is 25.0 Å². The Morgan fingerprint density at radius 1 is 1.11 bits per heavy atom. The van der Waals surface area contributed by atoms with Gasteiger partial charge in [-0.25, -0.2) is 0 Å². The number of benzene rings is 2. The third-order valence-corrected chi connectivity index (χ3v) is 6.57. The summed E-state index contributed by atoms with van der Waals surface area (Å²) in [4.78, 5) is 28.4. The van der Waals surface area contributed by atoms with E-state index in [2.05, 4.69) is 27.7 Å². The predicted octanol–water partition coefficient (Wildman–Crippen LogP) is 3.52. The number of rotatable bonds is 5. The molecule has 2 amide bonds. The molecule has 2 aliphatic heterocycles. The number of hydrogen-bond donors (Lipinski definition) is 2. The molecule has 6 heteroatoms. The summed E-state index contributed by atoms with van der Waals surface area (Å²) in [6.07, 6.45) is 4.34. The molecule has 1 atom stereocenters. The maximum atomic E-state index is 12.6. The number of carbonyl (C=O) groups is 2. The molecule has 2 aliphatic rings. The summed E-state index contributed by atoms with van der Waals surface area (Å²) >= 11 is 1.59. The Bertz CT molecular complexity index is 850. The number of carbonyl (C=O) groups excluding carboxylic acids is 2. The number of thioether (sulfide) groups is 1. The molecule has 2 N–H and O–H groups in total. The van der Waals surface area contributed by atoms with Gasteiger partial charge in [0.25, 0.3) is 11.8 Å². The molecule has 2 aromatic carbocycles. The highest BCUT2D eigenvalue weighted by atomic mass is 32.2. The molecule has 5 nitrogen and oxygen atoms in total. The zero-order chi connectivity index (χ0) is 19.3. The van der Waals surface area contributed by atoms with Gasteiger partial charge in [-0.15, -0.1) is 0 Å². The summed E-state index contributed by atoms with van der Waals surface area (Å²) < 4.78 is 0. The number of likely N-dealkylation sites (tertiary alicyclic amines) is 1. The first-order valence-electron chi connectivity index (χ1n) is 9.88. The number of nitrogens with one attached hydrogen (secondary N) is 2. The van der Waals surface area contributed by atoms with E-state index in [1.54, 1.807) is 17.8 Å². The third kappa shape index (κ3) is 4.39. The SMILES string of the molecule is O=C(NCCc1ccccc1)c1ccc2c(c1)NC(=O)C(N1CCCCC1)S2. The Hall–Kier alpha value is -2.31. The van der Waals surface area contributed by atoms with Crippen molar-refractivity contribution in [1.82, 2.24) is 10.2 Å². The average Bonchev–Trinajstić information content (AvgIpc) is 2.74. The fourth-order valence-corrected chi connectivity index (χ4v) is 4.85. The quantitative estimate of drug-likeness (QED) is 0.813. The van der Waals surface area contributed by atoms with E-state index in [4.69, 9.17) is 0 Å². The van der Waals surface area contributed by atoms with E-state index in [1.807, 2.05) is 30.3 Å². The van der Waals surface area contributed by atoms with Crippen LogP contribution in [0.4, 0.5) is 5.69 Å². The van der Waals surface area contributed by atoms with E-state index in [-0.39, 0.29) is 17.2 Å². The lowest BCUT2D eigenvalue weighted by Gasteiger charge is -2.35. The summed E-state index contributed by atoms with van der Waals surface area (Å²) in [6.45, 7) is 2.53. The van der Waals surface area contributed by atoms with E-state index in [0.29, 0.717) is 12.1 Å². The monoisotopic (exact) mass is 395 g/mol. The molecule has 2 aromatic rings. The van der Waals surface area contributed by atoms with Gasteiger partial charge in [0.15, 0.2) is 0 Å². The standard InChI is InChI=1S/C22H25N3O2S/c26-20(23-12-11-16-7-3-1-4-8-16)17-9-10-19-18(15-17)24-21(27)22(28-19)25-13-5-2-6-14-25/h1,3-4,7-10,15,22H,2,5-6,11-14H2,(H,23,26)(H,24,27). The molecule has 0 bridgehead atoms. The largest absolute Gasteiger partial charge is 0.352 e. The molecule has 0 saturated carbocycles. The van der Waals surface area contributed by atoms with E-state index >= 15 is 0 Å². The summed E-state index contributed by atoms with van der Waals surface area (Å²) in [5.74, 6) is -0.0998. The van der Waals surface area contributed by atoms with E-state index < -0.39 is 0 Å². The minimum Gasteiger partial charge on any atom is -0.352 e. The highest BCUT2D eigenvalue weighted by molar-refractivity contribution is 8.00. The van der Waals surface area contributed by atoms with Crippen molar-refractivity contribution in [3.8, 4) is 0 Å². The van der Waals surface area contributed by atoms with Crippen LogP contribution in [0.3, 0.4) is 0 Å². The normalized spacial score (nSPS) is 19.6. The molecule has 1 saturated heterocycles. The number of piperidine rings is 1. The minimum absolute atomic E-state index is 0.0148. The number of nitrogens with zero attached hydrogens (tertiary/aromatic N) is 1. The third-order valence-electron chi connectivity index (χ3n) is 5.23. The molecule has 0 spiro atoms. The van der Waals surface area contributed by atoms with Crippen LogP contribution in [-0.2, 0) is 11.2 Å². The van der Waals surface area contributed by atoms with Gasteiger partial charge in [-0.3, -0.25) is 14.5 Å². The van der Waals surface area contributed by atoms with Crippen molar-refractivity contribution < 1.29 is 9.59 Å². The van der Waals surface area contributed by atoms with Crippen molar-refractivity contribution in [3.63, 3.8) is 0 Å². The van der Waals surface area contributed by atoms with Crippen molar-refractivity contribution in [1.29, 1.82) is 0 Å². The molecule has 4 rings (SSSR count).